The first-order valence-electron chi connectivity index (χ1n) is 9.16. The second-order valence-corrected chi connectivity index (χ2v) is 6.87. The van der Waals surface area contributed by atoms with Crippen molar-refractivity contribution in [1.29, 1.82) is 0 Å². The number of carbonyl (C=O) groups is 1. The molecular formula is C24H22N2O2. The van der Waals surface area contributed by atoms with Gasteiger partial charge in [-0.25, -0.2) is 0 Å². The molecule has 1 aliphatic rings. The lowest BCUT2D eigenvalue weighted by Crippen LogP contribution is -2.14. The van der Waals surface area contributed by atoms with Crippen molar-refractivity contribution in [2.45, 2.75) is 0 Å². The zero-order valence-corrected chi connectivity index (χ0v) is 16.2. The van der Waals surface area contributed by atoms with Gasteiger partial charge in [0, 0.05) is 42.7 Å². The van der Waals surface area contributed by atoms with Gasteiger partial charge in [-0.1, -0.05) is 30.3 Å². The quantitative estimate of drug-likeness (QED) is 0.596. The summed E-state index contributed by atoms with van der Waals surface area (Å²) in [4.78, 5) is 17.2. The summed E-state index contributed by atoms with van der Waals surface area (Å²) in [6.07, 6.45) is 1.91. The summed E-state index contributed by atoms with van der Waals surface area (Å²) in [5.41, 5.74) is 5.08. The molecule has 0 aliphatic carbocycles. The summed E-state index contributed by atoms with van der Waals surface area (Å²) >= 11 is 0. The Kier molecular flexibility index (Phi) is 4.62. The molecule has 0 radical (unpaired) electrons. The number of rotatable bonds is 4. The number of anilines is 3. The van der Waals surface area contributed by atoms with Crippen molar-refractivity contribution in [3.8, 4) is 5.75 Å². The molecule has 0 spiro atoms. The molecule has 0 saturated carbocycles. The van der Waals surface area contributed by atoms with Gasteiger partial charge in [-0.15, -0.1) is 0 Å². The molecule has 0 fully saturated rings. The number of hydrogen-bond donors (Lipinski definition) is 0. The Labute approximate surface area is 165 Å². The van der Waals surface area contributed by atoms with Crippen LogP contribution in [0.5, 0.6) is 5.75 Å². The number of ether oxygens (including phenoxy) is 1. The standard InChI is InChI=1S/C24H22N2O2/c1-25(2)19-14-13-17(23(16-19)28-3)15-22-24(27)20-11-7-8-12-21(20)26(22)18-9-5-4-6-10-18/h4-16H,1-3H3. The van der Waals surface area contributed by atoms with E-state index in [2.05, 4.69) is 0 Å². The van der Waals surface area contributed by atoms with Crippen LogP contribution in [0.15, 0.2) is 78.5 Å². The molecule has 0 N–H and O–H groups in total. The van der Waals surface area contributed by atoms with Gasteiger partial charge in [-0.05, 0) is 42.5 Å². The summed E-state index contributed by atoms with van der Waals surface area (Å²) in [6.45, 7) is 0. The van der Waals surface area contributed by atoms with Crippen molar-refractivity contribution in [1.82, 2.24) is 0 Å². The van der Waals surface area contributed by atoms with Crippen LogP contribution in [-0.4, -0.2) is 27.0 Å². The second-order valence-electron chi connectivity index (χ2n) is 6.87. The van der Waals surface area contributed by atoms with Crippen LogP contribution in [0.25, 0.3) is 6.08 Å². The molecule has 140 valence electrons. The van der Waals surface area contributed by atoms with Crippen LogP contribution in [0.1, 0.15) is 15.9 Å². The summed E-state index contributed by atoms with van der Waals surface area (Å²) in [5, 5.41) is 0. The third-order valence-corrected chi connectivity index (χ3v) is 4.90. The fourth-order valence-corrected chi connectivity index (χ4v) is 3.46. The first kappa shape index (κ1) is 17.9. The highest BCUT2D eigenvalue weighted by molar-refractivity contribution is 6.23. The maximum Gasteiger partial charge on any atom is 0.211 e. The summed E-state index contributed by atoms with van der Waals surface area (Å²) in [6, 6.07) is 23.6. The fourth-order valence-electron chi connectivity index (χ4n) is 3.46. The van der Waals surface area contributed by atoms with Crippen LogP contribution in [0.2, 0.25) is 0 Å². The minimum absolute atomic E-state index is 0.0122. The number of nitrogens with zero attached hydrogens (tertiary/aromatic N) is 2. The SMILES string of the molecule is COc1cc(N(C)C)ccc1C=C1C(=O)c2ccccc2N1c1ccccc1. The van der Waals surface area contributed by atoms with Crippen molar-refractivity contribution >= 4 is 28.9 Å². The number of para-hydroxylation sites is 2. The summed E-state index contributed by atoms with van der Waals surface area (Å²) in [7, 11) is 5.62. The Morgan fingerprint density at radius 1 is 0.929 bits per heavy atom. The minimum atomic E-state index is 0.0122. The fraction of sp³-hybridized carbons (Fsp3) is 0.125. The third-order valence-electron chi connectivity index (χ3n) is 4.90. The first-order valence-corrected chi connectivity index (χ1v) is 9.16. The minimum Gasteiger partial charge on any atom is -0.496 e. The van der Waals surface area contributed by atoms with Crippen molar-refractivity contribution < 1.29 is 9.53 Å². The molecule has 0 aromatic heterocycles. The molecule has 3 aromatic carbocycles. The van der Waals surface area contributed by atoms with Gasteiger partial charge in [0.1, 0.15) is 5.75 Å². The third kappa shape index (κ3) is 3.03. The van der Waals surface area contributed by atoms with E-state index in [-0.39, 0.29) is 5.78 Å². The lowest BCUT2D eigenvalue weighted by molar-refractivity contribution is 0.104. The normalized spacial score (nSPS) is 14.3. The van der Waals surface area contributed by atoms with Gasteiger partial charge >= 0.3 is 0 Å². The van der Waals surface area contributed by atoms with Crippen molar-refractivity contribution in [2.24, 2.45) is 0 Å². The van der Waals surface area contributed by atoms with E-state index in [0.29, 0.717) is 11.3 Å². The molecule has 0 atom stereocenters. The average Bonchev–Trinajstić information content (AvgIpc) is 3.01. The zero-order chi connectivity index (χ0) is 19.7. The summed E-state index contributed by atoms with van der Waals surface area (Å²) in [5.74, 6) is 0.744. The molecule has 0 unspecified atom stereocenters. The predicted molar refractivity (Wildman–Crippen MR) is 115 cm³/mol. The van der Waals surface area contributed by atoms with Gasteiger partial charge in [-0.2, -0.15) is 0 Å². The highest BCUT2D eigenvalue weighted by atomic mass is 16.5. The molecular weight excluding hydrogens is 348 g/mol. The van der Waals surface area contributed by atoms with E-state index in [4.69, 9.17) is 4.74 Å². The number of carbonyl (C=O) groups excluding carboxylic acids is 1. The Morgan fingerprint density at radius 2 is 1.64 bits per heavy atom. The Hall–Kier alpha value is -3.53. The second kappa shape index (κ2) is 7.24. The first-order chi connectivity index (χ1) is 13.6. The molecule has 0 bridgehead atoms. The predicted octanol–water partition coefficient (Wildman–Crippen LogP) is 5.14. The van der Waals surface area contributed by atoms with Crippen molar-refractivity contribution in [2.75, 3.05) is 31.0 Å². The zero-order valence-electron chi connectivity index (χ0n) is 16.2. The van der Waals surface area contributed by atoms with E-state index >= 15 is 0 Å². The van der Waals surface area contributed by atoms with Gasteiger partial charge in [0.15, 0.2) is 0 Å². The van der Waals surface area contributed by atoms with Crippen LogP contribution >= 0.6 is 0 Å². The molecule has 4 heteroatoms. The molecule has 0 saturated heterocycles. The average molecular weight is 370 g/mol. The van der Waals surface area contributed by atoms with Crippen LogP contribution in [0.3, 0.4) is 0 Å². The Balaban J connectivity index is 1.87. The molecule has 28 heavy (non-hydrogen) atoms. The maximum atomic E-state index is 13.2. The smallest absolute Gasteiger partial charge is 0.211 e. The van der Waals surface area contributed by atoms with Crippen molar-refractivity contribution in [3.05, 3.63) is 89.6 Å². The number of hydrogen-bond acceptors (Lipinski definition) is 4. The van der Waals surface area contributed by atoms with E-state index < -0.39 is 0 Å². The van der Waals surface area contributed by atoms with E-state index in [1.165, 1.54) is 0 Å². The van der Waals surface area contributed by atoms with Gasteiger partial charge in [0.05, 0.1) is 18.5 Å². The van der Waals surface area contributed by atoms with E-state index in [1.54, 1.807) is 7.11 Å². The van der Waals surface area contributed by atoms with E-state index in [0.717, 1.165) is 28.4 Å². The largest absolute Gasteiger partial charge is 0.496 e. The number of methoxy groups -OCH3 is 1. The lowest BCUT2D eigenvalue weighted by atomic mass is 10.1. The Morgan fingerprint density at radius 3 is 2.36 bits per heavy atom. The van der Waals surface area contributed by atoms with Crippen LogP contribution in [0, 0.1) is 0 Å². The molecule has 0 amide bonds. The molecule has 4 rings (SSSR count). The Bertz CT molecular complexity index is 1060. The van der Waals surface area contributed by atoms with Gasteiger partial charge in [0.25, 0.3) is 0 Å². The van der Waals surface area contributed by atoms with E-state index in [1.807, 2.05) is 103 Å². The van der Waals surface area contributed by atoms with Gasteiger partial charge in [0.2, 0.25) is 5.78 Å². The van der Waals surface area contributed by atoms with Gasteiger partial charge < -0.3 is 14.5 Å². The highest BCUT2D eigenvalue weighted by Gasteiger charge is 2.33. The number of ketones is 1. The summed E-state index contributed by atoms with van der Waals surface area (Å²) < 4.78 is 5.60. The lowest BCUT2D eigenvalue weighted by Gasteiger charge is -2.21. The number of fused-ring (bicyclic) bond motifs is 1. The molecule has 1 heterocycles. The number of Topliss-reactive ketones (excluding diaryl/α,β-unsaturated/α-hetero) is 1. The van der Waals surface area contributed by atoms with Crippen LogP contribution in [-0.2, 0) is 0 Å². The van der Waals surface area contributed by atoms with E-state index in [9.17, 15) is 4.79 Å². The van der Waals surface area contributed by atoms with Crippen LogP contribution in [0.4, 0.5) is 17.1 Å². The highest BCUT2D eigenvalue weighted by Crippen LogP contribution is 2.41. The molecule has 1 aliphatic heterocycles. The molecule has 3 aromatic rings. The maximum absolute atomic E-state index is 13.2. The molecule has 4 nitrogen and oxygen atoms in total. The topological polar surface area (TPSA) is 32.8 Å². The monoisotopic (exact) mass is 370 g/mol. The number of benzene rings is 3. The van der Waals surface area contributed by atoms with Gasteiger partial charge in [-0.3, -0.25) is 4.79 Å². The van der Waals surface area contributed by atoms with Crippen LogP contribution < -0.4 is 14.5 Å². The van der Waals surface area contributed by atoms with Crippen molar-refractivity contribution in [3.63, 3.8) is 0 Å². The number of allylic oxidation sites excluding steroid dienone is 1.